The fraction of sp³-hybridized carbons (Fsp3) is 0.550. The summed E-state index contributed by atoms with van der Waals surface area (Å²) >= 11 is 3.11. The molecule has 1 amide bonds. The second kappa shape index (κ2) is 10.4. The third kappa shape index (κ3) is 8.12. The largest absolute Gasteiger partial charge is 0.459 e. The lowest BCUT2D eigenvalue weighted by Gasteiger charge is -2.32. The van der Waals surface area contributed by atoms with Crippen LogP contribution < -0.4 is 0 Å². The first-order valence-corrected chi connectivity index (χ1v) is 9.95. The Bertz CT molecular complexity index is 640. The first-order chi connectivity index (χ1) is 12.5. The molecule has 1 aromatic rings. The number of nitrogens with zero attached hydrogens (tertiary/aromatic N) is 1. The lowest BCUT2D eigenvalue weighted by molar-refractivity contribution is -0.165. The quantitative estimate of drug-likeness (QED) is 0.456. The summed E-state index contributed by atoms with van der Waals surface area (Å²) in [7, 11) is 0. The summed E-state index contributed by atoms with van der Waals surface area (Å²) in [4.78, 5) is 38.6. The second-order valence-corrected chi connectivity index (χ2v) is 8.08. The third-order valence-electron chi connectivity index (χ3n) is 3.59. The molecule has 0 unspecified atom stereocenters. The van der Waals surface area contributed by atoms with Crippen molar-refractivity contribution in [3.8, 4) is 0 Å². The van der Waals surface area contributed by atoms with Crippen LogP contribution in [0.15, 0.2) is 30.3 Å². The second-order valence-electron chi connectivity index (χ2n) is 7.52. The van der Waals surface area contributed by atoms with E-state index in [9.17, 15) is 14.4 Å². The normalized spacial score (nSPS) is 12.4. The Morgan fingerprint density at radius 1 is 1.11 bits per heavy atom. The van der Waals surface area contributed by atoms with Crippen LogP contribution in [0.5, 0.6) is 0 Å². The van der Waals surface area contributed by atoms with Crippen molar-refractivity contribution in [1.82, 2.24) is 4.90 Å². The van der Waals surface area contributed by atoms with Crippen molar-refractivity contribution in [2.45, 2.75) is 52.9 Å². The van der Waals surface area contributed by atoms with E-state index in [2.05, 4.69) is 15.9 Å². The van der Waals surface area contributed by atoms with Gasteiger partial charge in [0, 0.05) is 0 Å². The minimum absolute atomic E-state index is 0.00895. The molecule has 0 spiro atoms. The summed E-state index contributed by atoms with van der Waals surface area (Å²) in [6, 6.07) is 8.39. The molecule has 0 bridgehead atoms. The molecule has 0 heterocycles. The molecule has 0 aromatic heterocycles. The summed E-state index contributed by atoms with van der Waals surface area (Å²) in [5, 5.41) is -0.00895. The Hall–Kier alpha value is -1.89. The minimum atomic E-state index is -0.883. The molecule has 0 aliphatic rings. The molecule has 6 nitrogen and oxygen atoms in total. The van der Waals surface area contributed by atoms with Gasteiger partial charge in [0.15, 0.2) is 0 Å². The molecule has 7 heteroatoms. The number of ether oxygens (including phenoxy) is 2. The minimum Gasteiger partial charge on any atom is -0.459 e. The van der Waals surface area contributed by atoms with Crippen molar-refractivity contribution in [2.75, 3.05) is 11.9 Å². The molecular weight excluding hydrogens is 414 g/mol. The van der Waals surface area contributed by atoms with E-state index in [1.807, 2.05) is 30.3 Å². The molecule has 0 radical (unpaired) electrons. The highest BCUT2D eigenvalue weighted by Gasteiger charge is 2.35. The average molecular weight is 442 g/mol. The Labute approximate surface area is 169 Å². The maximum atomic E-state index is 12.7. The van der Waals surface area contributed by atoms with Gasteiger partial charge in [0.25, 0.3) is 0 Å². The topological polar surface area (TPSA) is 72.9 Å². The zero-order valence-corrected chi connectivity index (χ0v) is 18.1. The van der Waals surface area contributed by atoms with Crippen LogP contribution in [0.2, 0.25) is 0 Å². The number of halogens is 1. The van der Waals surface area contributed by atoms with Crippen LogP contribution in [0.1, 0.15) is 40.2 Å². The van der Waals surface area contributed by atoms with Crippen LogP contribution in [0.4, 0.5) is 0 Å². The van der Waals surface area contributed by atoms with Gasteiger partial charge in [-0.15, -0.1) is 0 Å². The van der Waals surface area contributed by atoms with Crippen molar-refractivity contribution >= 4 is 33.8 Å². The number of hydrogen-bond donors (Lipinski definition) is 0. The number of benzene rings is 1. The predicted octanol–water partition coefficient (Wildman–Crippen LogP) is 3.32. The van der Waals surface area contributed by atoms with Gasteiger partial charge in [0.2, 0.25) is 5.91 Å². The van der Waals surface area contributed by atoms with Crippen molar-refractivity contribution in [2.24, 2.45) is 5.92 Å². The van der Waals surface area contributed by atoms with E-state index in [1.54, 1.807) is 34.6 Å². The van der Waals surface area contributed by atoms with Crippen molar-refractivity contribution in [1.29, 1.82) is 0 Å². The molecule has 27 heavy (non-hydrogen) atoms. The fourth-order valence-electron chi connectivity index (χ4n) is 2.50. The summed E-state index contributed by atoms with van der Waals surface area (Å²) in [5.74, 6) is -1.74. The number of rotatable bonds is 8. The number of carbonyl (C=O) groups is 3. The van der Waals surface area contributed by atoms with Crippen LogP contribution in [-0.2, 0) is 30.5 Å². The van der Waals surface area contributed by atoms with Crippen molar-refractivity contribution < 1.29 is 23.9 Å². The van der Waals surface area contributed by atoms with Gasteiger partial charge in [-0.2, -0.15) is 0 Å². The average Bonchev–Trinajstić information content (AvgIpc) is 2.57. The fourth-order valence-corrected chi connectivity index (χ4v) is 2.83. The van der Waals surface area contributed by atoms with Gasteiger partial charge in [-0.3, -0.25) is 9.59 Å². The first-order valence-electron chi connectivity index (χ1n) is 8.83. The molecule has 1 atom stereocenters. The lowest BCUT2D eigenvalue weighted by atomic mass is 10.0. The highest BCUT2D eigenvalue weighted by molar-refractivity contribution is 9.09. The summed E-state index contributed by atoms with van der Waals surface area (Å²) in [6.07, 6.45) is 0. The molecule has 0 saturated carbocycles. The molecule has 0 aliphatic heterocycles. The standard InChI is InChI=1S/C20H28BrNO5/c1-14(2)18(19(25)26-13-15-9-7-6-8-10-15)22(16(23)11-21)12-17(24)27-20(3,4)5/h6-10,14,18H,11-13H2,1-5H3/t18-/m0/s1. The Morgan fingerprint density at radius 2 is 1.70 bits per heavy atom. The van der Waals surface area contributed by atoms with Crippen LogP contribution in [0.25, 0.3) is 0 Å². The van der Waals surface area contributed by atoms with E-state index >= 15 is 0 Å². The number of hydrogen-bond acceptors (Lipinski definition) is 5. The first kappa shape index (κ1) is 23.1. The van der Waals surface area contributed by atoms with E-state index in [0.717, 1.165) is 5.56 Å². The van der Waals surface area contributed by atoms with E-state index in [4.69, 9.17) is 9.47 Å². The SMILES string of the molecule is CC(C)[C@@H](C(=O)OCc1ccccc1)N(CC(=O)OC(C)(C)C)C(=O)CBr. The molecule has 1 rings (SSSR count). The molecule has 0 saturated heterocycles. The van der Waals surface area contributed by atoms with E-state index in [0.29, 0.717) is 0 Å². The molecule has 0 fully saturated rings. The number of carbonyl (C=O) groups excluding carboxylic acids is 3. The van der Waals surface area contributed by atoms with E-state index in [1.165, 1.54) is 4.90 Å². The van der Waals surface area contributed by atoms with Gasteiger partial charge in [-0.1, -0.05) is 60.1 Å². The number of amides is 1. The van der Waals surface area contributed by atoms with E-state index < -0.39 is 23.6 Å². The van der Waals surface area contributed by atoms with E-state index in [-0.39, 0.29) is 30.3 Å². The Balaban J connectivity index is 2.93. The van der Waals surface area contributed by atoms with Crippen LogP contribution in [-0.4, -0.2) is 46.3 Å². The predicted molar refractivity (Wildman–Crippen MR) is 106 cm³/mol. The van der Waals surface area contributed by atoms with Gasteiger partial charge in [-0.05, 0) is 32.3 Å². The van der Waals surface area contributed by atoms with Crippen LogP contribution in [0.3, 0.4) is 0 Å². The molecule has 0 N–H and O–H groups in total. The zero-order valence-electron chi connectivity index (χ0n) is 16.5. The van der Waals surface area contributed by atoms with Crippen molar-refractivity contribution in [3.05, 3.63) is 35.9 Å². The van der Waals surface area contributed by atoms with Gasteiger partial charge in [-0.25, -0.2) is 4.79 Å². The molecular formula is C20H28BrNO5. The molecule has 1 aromatic carbocycles. The smallest absolute Gasteiger partial charge is 0.329 e. The monoisotopic (exact) mass is 441 g/mol. The Kier molecular flexibility index (Phi) is 8.96. The maximum Gasteiger partial charge on any atom is 0.329 e. The number of alkyl halides is 1. The third-order valence-corrected chi connectivity index (χ3v) is 4.07. The molecule has 150 valence electrons. The highest BCUT2D eigenvalue weighted by Crippen LogP contribution is 2.17. The van der Waals surface area contributed by atoms with Crippen LogP contribution in [0, 0.1) is 5.92 Å². The van der Waals surface area contributed by atoms with Gasteiger partial charge >= 0.3 is 11.9 Å². The summed E-state index contributed by atoms with van der Waals surface area (Å²) in [6.45, 7) is 8.63. The van der Waals surface area contributed by atoms with Gasteiger partial charge < -0.3 is 14.4 Å². The summed E-state index contributed by atoms with van der Waals surface area (Å²) < 4.78 is 10.7. The maximum absolute atomic E-state index is 12.7. The van der Waals surface area contributed by atoms with Gasteiger partial charge in [0.05, 0.1) is 5.33 Å². The zero-order chi connectivity index (χ0) is 20.6. The number of esters is 2. The lowest BCUT2D eigenvalue weighted by Crippen LogP contribution is -2.52. The molecule has 0 aliphatic carbocycles. The van der Waals surface area contributed by atoms with Crippen molar-refractivity contribution in [3.63, 3.8) is 0 Å². The van der Waals surface area contributed by atoms with Crippen LogP contribution >= 0.6 is 15.9 Å². The Morgan fingerprint density at radius 3 is 2.19 bits per heavy atom. The summed E-state index contributed by atoms with van der Waals surface area (Å²) in [5.41, 5.74) is 0.167. The van der Waals surface area contributed by atoms with Gasteiger partial charge in [0.1, 0.15) is 24.8 Å². The highest BCUT2D eigenvalue weighted by atomic mass is 79.9.